The predicted molar refractivity (Wildman–Crippen MR) is 83.6 cm³/mol. The molecule has 1 aliphatic rings. The Morgan fingerprint density at radius 2 is 1.90 bits per heavy atom. The van der Waals surface area contributed by atoms with E-state index in [1.54, 1.807) is 18.0 Å². The molecule has 4 heteroatoms. The highest BCUT2D eigenvalue weighted by atomic mass is 16.5. The summed E-state index contributed by atoms with van der Waals surface area (Å²) in [6, 6.07) is 15.1. The van der Waals surface area contributed by atoms with Gasteiger partial charge in [0.25, 0.3) is 0 Å². The van der Waals surface area contributed by atoms with Crippen LogP contribution in [0.5, 0.6) is 5.75 Å². The third-order valence-corrected chi connectivity index (χ3v) is 3.89. The number of fused-ring (bicyclic) bond motifs is 1. The smallest absolute Gasteiger partial charge is 0.234 e. The molecule has 1 heterocycles. The van der Waals surface area contributed by atoms with Crippen molar-refractivity contribution in [1.29, 1.82) is 0 Å². The summed E-state index contributed by atoms with van der Waals surface area (Å²) in [6.45, 7) is 0.561. The molecule has 0 bridgehead atoms. The van der Waals surface area contributed by atoms with Crippen molar-refractivity contribution in [2.75, 3.05) is 24.3 Å². The molecule has 4 nitrogen and oxygen atoms in total. The molecule has 1 amide bonds. The number of hydrogen-bond donors (Lipinski definition) is 1. The number of anilines is 2. The normalized spacial score (nSPS) is 16.7. The van der Waals surface area contributed by atoms with Crippen LogP contribution in [0.15, 0.2) is 48.5 Å². The van der Waals surface area contributed by atoms with Gasteiger partial charge in [-0.25, -0.2) is 0 Å². The van der Waals surface area contributed by atoms with Gasteiger partial charge in [0, 0.05) is 12.6 Å². The molecule has 2 aromatic rings. The Kier molecular flexibility index (Phi) is 3.52. The Hall–Kier alpha value is -2.49. The maximum atomic E-state index is 12.8. The molecule has 1 atom stereocenters. The third kappa shape index (κ3) is 2.44. The maximum Gasteiger partial charge on any atom is 0.234 e. The van der Waals surface area contributed by atoms with Gasteiger partial charge in [0.15, 0.2) is 0 Å². The first kappa shape index (κ1) is 13.5. The van der Waals surface area contributed by atoms with Crippen LogP contribution in [-0.2, 0) is 4.79 Å². The lowest BCUT2D eigenvalue weighted by Crippen LogP contribution is -2.34. The highest BCUT2D eigenvalue weighted by Crippen LogP contribution is 2.35. The van der Waals surface area contributed by atoms with E-state index in [4.69, 9.17) is 10.5 Å². The van der Waals surface area contributed by atoms with E-state index in [1.165, 1.54) is 0 Å². The van der Waals surface area contributed by atoms with Crippen molar-refractivity contribution >= 4 is 17.3 Å². The first-order valence-electron chi connectivity index (χ1n) is 7.02. The van der Waals surface area contributed by atoms with E-state index in [2.05, 4.69) is 0 Å². The molecular formula is C17H18N2O2. The van der Waals surface area contributed by atoms with Gasteiger partial charge in [0.1, 0.15) is 5.75 Å². The minimum Gasteiger partial charge on any atom is -0.493 e. The second kappa shape index (κ2) is 5.48. The van der Waals surface area contributed by atoms with Gasteiger partial charge in [-0.2, -0.15) is 0 Å². The highest BCUT2D eigenvalue weighted by Gasteiger charge is 2.30. The summed E-state index contributed by atoms with van der Waals surface area (Å²) in [5.74, 6) is 0.666. The van der Waals surface area contributed by atoms with E-state index in [1.807, 2.05) is 42.5 Å². The predicted octanol–water partition coefficient (Wildman–Crippen LogP) is 2.80. The van der Waals surface area contributed by atoms with Crippen LogP contribution in [0.25, 0.3) is 0 Å². The van der Waals surface area contributed by atoms with Crippen molar-refractivity contribution < 1.29 is 9.53 Å². The van der Waals surface area contributed by atoms with E-state index >= 15 is 0 Å². The molecule has 0 aromatic heterocycles. The Balaban J connectivity index is 1.91. The second-order valence-corrected chi connectivity index (χ2v) is 5.18. The van der Waals surface area contributed by atoms with Crippen LogP contribution in [-0.4, -0.2) is 19.6 Å². The van der Waals surface area contributed by atoms with Gasteiger partial charge in [-0.05, 0) is 24.6 Å². The molecule has 1 aliphatic heterocycles. The molecule has 3 rings (SSSR count). The van der Waals surface area contributed by atoms with Crippen LogP contribution < -0.4 is 15.4 Å². The summed E-state index contributed by atoms with van der Waals surface area (Å²) in [6.07, 6.45) is 0.687. The number of carbonyl (C=O) groups is 1. The highest BCUT2D eigenvalue weighted by molar-refractivity contribution is 6.00. The molecule has 108 valence electrons. The van der Waals surface area contributed by atoms with E-state index < -0.39 is 0 Å². The zero-order valence-corrected chi connectivity index (χ0v) is 12.0. The molecule has 21 heavy (non-hydrogen) atoms. The minimum atomic E-state index is -0.181. The number of nitrogens with zero attached hydrogens (tertiary/aromatic N) is 1. The van der Waals surface area contributed by atoms with Crippen LogP contribution in [0.1, 0.15) is 17.9 Å². The lowest BCUT2D eigenvalue weighted by molar-refractivity contribution is -0.120. The zero-order chi connectivity index (χ0) is 14.8. The zero-order valence-electron chi connectivity index (χ0n) is 12.0. The Morgan fingerprint density at radius 3 is 2.71 bits per heavy atom. The van der Waals surface area contributed by atoms with Gasteiger partial charge in [0.2, 0.25) is 5.91 Å². The summed E-state index contributed by atoms with van der Waals surface area (Å²) in [5, 5.41) is 0. The standard InChI is InChI=1S/C17H18N2O2/c1-19(15-8-4-3-7-14(15)18)17(20)13-10-11-21-16-9-5-2-6-12(13)16/h2-9,13H,10-11,18H2,1H3. The molecule has 0 radical (unpaired) electrons. The first-order chi connectivity index (χ1) is 10.2. The van der Waals surface area contributed by atoms with Gasteiger partial charge in [-0.15, -0.1) is 0 Å². The summed E-state index contributed by atoms with van der Waals surface area (Å²) in [7, 11) is 1.77. The van der Waals surface area contributed by atoms with E-state index in [-0.39, 0.29) is 11.8 Å². The third-order valence-electron chi connectivity index (χ3n) is 3.89. The molecule has 1 unspecified atom stereocenters. The Labute approximate surface area is 124 Å². The van der Waals surface area contributed by atoms with Crippen molar-refractivity contribution in [1.82, 2.24) is 0 Å². The molecule has 2 aromatic carbocycles. The summed E-state index contributed by atoms with van der Waals surface area (Å²) < 4.78 is 5.62. The SMILES string of the molecule is CN(C(=O)C1CCOc2ccccc21)c1ccccc1N. The van der Waals surface area contributed by atoms with Gasteiger partial charge in [-0.3, -0.25) is 4.79 Å². The van der Waals surface area contributed by atoms with E-state index in [0.717, 1.165) is 17.0 Å². The Morgan fingerprint density at radius 1 is 1.19 bits per heavy atom. The number of para-hydroxylation sites is 3. The molecule has 0 saturated heterocycles. The molecule has 0 aliphatic carbocycles. The van der Waals surface area contributed by atoms with Crippen LogP contribution >= 0.6 is 0 Å². The summed E-state index contributed by atoms with van der Waals surface area (Å²) in [5.41, 5.74) is 8.27. The summed E-state index contributed by atoms with van der Waals surface area (Å²) in [4.78, 5) is 14.5. The van der Waals surface area contributed by atoms with Crippen molar-refractivity contribution in [3.05, 3.63) is 54.1 Å². The van der Waals surface area contributed by atoms with E-state index in [0.29, 0.717) is 18.7 Å². The maximum absolute atomic E-state index is 12.8. The number of carbonyl (C=O) groups excluding carboxylic acids is 1. The Bertz CT molecular complexity index is 669. The molecular weight excluding hydrogens is 264 g/mol. The van der Waals surface area contributed by atoms with Crippen LogP contribution in [0.4, 0.5) is 11.4 Å². The van der Waals surface area contributed by atoms with Crippen molar-refractivity contribution in [2.45, 2.75) is 12.3 Å². The number of nitrogen functional groups attached to an aromatic ring is 1. The molecule has 2 N–H and O–H groups in total. The molecule has 0 saturated carbocycles. The fourth-order valence-electron chi connectivity index (χ4n) is 2.74. The number of nitrogens with two attached hydrogens (primary N) is 1. The second-order valence-electron chi connectivity index (χ2n) is 5.18. The van der Waals surface area contributed by atoms with Gasteiger partial charge in [0.05, 0.1) is 23.9 Å². The molecule has 0 fully saturated rings. The van der Waals surface area contributed by atoms with Crippen molar-refractivity contribution in [2.24, 2.45) is 0 Å². The number of amides is 1. The number of ether oxygens (including phenoxy) is 1. The lowest BCUT2D eigenvalue weighted by atomic mass is 9.91. The van der Waals surface area contributed by atoms with Crippen LogP contribution in [0.3, 0.4) is 0 Å². The van der Waals surface area contributed by atoms with Crippen molar-refractivity contribution in [3.63, 3.8) is 0 Å². The van der Waals surface area contributed by atoms with Crippen LogP contribution in [0.2, 0.25) is 0 Å². The monoisotopic (exact) mass is 282 g/mol. The van der Waals surface area contributed by atoms with Gasteiger partial charge >= 0.3 is 0 Å². The topological polar surface area (TPSA) is 55.6 Å². The summed E-state index contributed by atoms with van der Waals surface area (Å²) >= 11 is 0. The minimum absolute atomic E-state index is 0.0450. The van der Waals surface area contributed by atoms with Gasteiger partial charge < -0.3 is 15.4 Å². The fraction of sp³-hybridized carbons (Fsp3) is 0.235. The molecule has 0 spiro atoms. The fourth-order valence-corrected chi connectivity index (χ4v) is 2.74. The quantitative estimate of drug-likeness (QED) is 0.862. The number of benzene rings is 2. The first-order valence-corrected chi connectivity index (χ1v) is 7.02. The average molecular weight is 282 g/mol. The lowest BCUT2D eigenvalue weighted by Gasteiger charge is -2.29. The van der Waals surface area contributed by atoms with E-state index in [9.17, 15) is 4.79 Å². The largest absolute Gasteiger partial charge is 0.493 e. The average Bonchev–Trinajstić information content (AvgIpc) is 2.53. The number of hydrogen-bond acceptors (Lipinski definition) is 3. The van der Waals surface area contributed by atoms with Crippen molar-refractivity contribution in [3.8, 4) is 5.75 Å². The van der Waals surface area contributed by atoms with Gasteiger partial charge in [-0.1, -0.05) is 30.3 Å². The van der Waals surface area contributed by atoms with Crippen LogP contribution in [0, 0.1) is 0 Å². The number of likely N-dealkylation sites (N-methyl/N-ethyl adjacent to an activating group) is 1. The number of rotatable bonds is 2.